The summed E-state index contributed by atoms with van der Waals surface area (Å²) in [6, 6.07) is 3.23. The summed E-state index contributed by atoms with van der Waals surface area (Å²) in [5.41, 5.74) is 0.396. The molecule has 0 aliphatic rings. The molecule has 0 amide bonds. The molecule has 7 heteroatoms. The number of carboxylic acids is 2. The Labute approximate surface area is 107 Å². The van der Waals surface area contributed by atoms with Gasteiger partial charge in [-0.3, -0.25) is 4.79 Å². The van der Waals surface area contributed by atoms with Gasteiger partial charge in [-0.15, -0.1) is 0 Å². The number of aliphatic carboxylic acids is 2. The molecule has 0 saturated carbocycles. The average molecular weight is 278 g/mol. The smallest absolute Gasteiger partial charge is 0.326 e. The van der Waals surface area contributed by atoms with Crippen LogP contribution in [0.5, 0.6) is 0 Å². The fraction of sp³-hybridized carbons (Fsp3) is 0.200. The maximum absolute atomic E-state index is 10.8. The summed E-state index contributed by atoms with van der Waals surface area (Å²) in [6.07, 6.45) is -0.532. The molecule has 0 aliphatic carbocycles. The van der Waals surface area contributed by atoms with Gasteiger partial charge < -0.3 is 15.5 Å². The van der Waals surface area contributed by atoms with E-state index in [1.54, 1.807) is 0 Å². The zero-order valence-corrected chi connectivity index (χ0v) is 10.00. The lowest BCUT2D eigenvalue weighted by molar-refractivity contribution is -0.144. The van der Waals surface area contributed by atoms with Gasteiger partial charge in [-0.05, 0) is 18.2 Å². The first kappa shape index (κ1) is 13.6. The number of rotatable bonds is 5. The monoisotopic (exact) mass is 277 g/mol. The largest absolute Gasteiger partial charge is 0.481 e. The van der Waals surface area contributed by atoms with Crippen molar-refractivity contribution in [2.75, 3.05) is 5.32 Å². The second-order valence-corrected chi connectivity index (χ2v) is 4.08. The summed E-state index contributed by atoms with van der Waals surface area (Å²) >= 11 is 11.4. The van der Waals surface area contributed by atoms with E-state index in [0.717, 1.165) is 0 Å². The lowest BCUT2D eigenvalue weighted by Crippen LogP contribution is -2.31. The molecule has 1 aromatic carbocycles. The number of hydrogen-bond donors (Lipinski definition) is 3. The van der Waals surface area contributed by atoms with Crippen LogP contribution in [0.1, 0.15) is 6.42 Å². The van der Waals surface area contributed by atoms with Crippen LogP contribution in [0, 0.1) is 0 Å². The Morgan fingerprint density at radius 3 is 2.35 bits per heavy atom. The second kappa shape index (κ2) is 5.75. The molecule has 0 bridgehead atoms. The van der Waals surface area contributed by atoms with Crippen molar-refractivity contribution in [2.24, 2.45) is 0 Å². The summed E-state index contributed by atoms with van der Waals surface area (Å²) in [5, 5.41) is 20.5. The van der Waals surface area contributed by atoms with Crippen LogP contribution in [0.2, 0.25) is 10.0 Å². The molecule has 92 valence electrons. The van der Waals surface area contributed by atoms with Gasteiger partial charge in [-0.1, -0.05) is 23.2 Å². The zero-order valence-electron chi connectivity index (χ0n) is 8.48. The first-order valence-electron chi connectivity index (χ1n) is 4.56. The van der Waals surface area contributed by atoms with Gasteiger partial charge in [-0.2, -0.15) is 0 Å². The molecule has 5 nitrogen and oxygen atoms in total. The van der Waals surface area contributed by atoms with Gasteiger partial charge in [0.05, 0.1) is 16.5 Å². The molecule has 1 atom stereocenters. The van der Waals surface area contributed by atoms with E-state index >= 15 is 0 Å². The highest BCUT2D eigenvalue weighted by Gasteiger charge is 2.20. The Balaban J connectivity index is 2.82. The molecule has 0 heterocycles. The van der Waals surface area contributed by atoms with E-state index in [-0.39, 0.29) is 5.02 Å². The van der Waals surface area contributed by atoms with Gasteiger partial charge in [0.25, 0.3) is 0 Å². The van der Waals surface area contributed by atoms with Crippen LogP contribution in [-0.4, -0.2) is 28.2 Å². The molecule has 0 spiro atoms. The number of halogens is 2. The van der Waals surface area contributed by atoms with Crippen LogP contribution in [0.3, 0.4) is 0 Å². The molecule has 1 unspecified atom stereocenters. The van der Waals surface area contributed by atoms with Crippen molar-refractivity contribution in [3.05, 3.63) is 28.2 Å². The highest BCUT2D eigenvalue weighted by Crippen LogP contribution is 2.25. The number of carbonyl (C=O) groups is 2. The van der Waals surface area contributed by atoms with Crippen molar-refractivity contribution in [3.63, 3.8) is 0 Å². The molecule has 17 heavy (non-hydrogen) atoms. The summed E-state index contributed by atoms with van der Waals surface area (Å²) in [6.45, 7) is 0. The summed E-state index contributed by atoms with van der Waals surface area (Å²) in [7, 11) is 0. The quantitative estimate of drug-likeness (QED) is 0.769. The Bertz CT molecular complexity index is 450. The molecule has 0 saturated heterocycles. The van der Waals surface area contributed by atoms with Crippen LogP contribution in [0.25, 0.3) is 0 Å². The summed E-state index contributed by atoms with van der Waals surface area (Å²) in [5.74, 6) is -2.46. The summed E-state index contributed by atoms with van der Waals surface area (Å²) < 4.78 is 0. The van der Waals surface area contributed by atoms with Crippen LogP contribution in [0.15, 0.2) is 18.2 Å². The molecule has 0 aliphatic heterocycles. The van der Waals surface area contributed by atoms with E-state index < -0.39 is 24.4 Å². The molecular formula is C10H9Cl2NO4. The Morgan fingerprint density at radius 1 is 1.24 bits per heavy atom. The summed E-state index contributed by atoms with van der Waals surface area (Å²) in [4.78, 5) is 21.3. The minimum Gasteiger partial charge on any atom is -0.481 e. The predicted octanol–water partition coefficient (Wildman–Crippen LogP) is 2.33. The third kappa shape index (κ3) is 4.13. The fourth-order valence-electron chi connectivity index (χ4n) is 1.16. The van der Waals surface area contributed by atoms with Crippen molar-refractivity contribution in [1.29, 1.82) is 0 Å². The number of benzene rings is 1. The van der Waals surface area contributed by atoms with Crippen molar-refractivity contribution < 1.29 is 19.8 Å². The average Bonchev–Trinajstić information content (AvgIpc) is 2.21. The molecule has 1 aromatic rings. The van der Waals surface area contributed by atoms with Crippen molar-refractivity contribution in [2.45, 2.75) is 12.5 Å². The topological polar surface area (TPSA) is 86.6 Å². The lowest BCUT2D eigenvalue weighted by Gasteiger charge is -2.14. The molecule has 3 N–H and O–H groups in total. The number of nitrogens with one attached hydrogen (secondary N) is 1. The predicted molar refractivity (Wildman–Crippen MR) is 63.8 cm³/mol. The maximum atomic E-state index is 10.8. The lowest BCUT2D eigenvalue weighted by atomic mass is 10.2. The van der Waals surface area contributed by atoms with Crippen molar-refractivity contribution in [3.8, 4) is 0 Å². The van der Waals surface area contributed by atoms with E-state index in [1.807, 2.05) is 0 Å². The van der Waals surface area contributed by atoms with Gasteiger partial charge in [-0.25, -0.2) is 4.79 Å². The van der Waals surface area contributed by atoms with Crippen LogP contribution >= 0.6 is 23.2 Å². The fourth-order valence-corrected chi connectivity index (χ4v) is 1.46. The highest BCUT2D eigenvalue weighted by atomic mass is 35.5. The Kier molecular flexibility index (Phi) is 4.60. The van der Waals surface area contributed by atoms with E-state index in [1.165, 1.54) is 18.2 Å². The molecule has 0 aromatic heterocycles. The van der Waals surface area contributed by atoms with E-state index in [0.29, 0.717) is 10.7 Å². The molecule has 0 radical (unpaired) electrons. The number of anilines is 1. The maximum Gasteiger partial charge on any atom is 0.326 e. The van der Waals surface area contributed by atoms with Gasteiger partial charge in [0, 0.05) is 5.69 Å². The third-order valence-corrected chi connectivity index (χ3v) is 2.68. The van der Waals surface area contributed by atoms with Gasteiger partial charge in [0.2, 0.25) is 0 Å². The van der Waals surface area contributed by atoms with E-state index in [9.17, 15) is 9.59 Å². The third-order valence-electron chi connectivity index (χ3n) is 1.94. The highest BCUT2D eigenvalue weighted by molar-refractivity contribution is 6.42. The molecular weight excluding hydrogens is 269 g/mol. The second-order valence-electron chi connectivity index (χ2n) is 3.26. The standard InChI is InChI=1S/C10H9Cl2NO4/c11-6-2-1-5(3-7(6)12)13-8(10(16)17)4-9(14)15/h1-3,8,13H,4H2,(H,14,15)(H,16,17). The first-order valence-corrected chi connectivity index (χ1v) is 5.32. The van der Waals surface area contributed by atoms with Gasteiger partial charge in [0.15, 0.2) is 0 Å². The Morgan fingerprint density at radius 2 is 1.88 bits per heavy atom. The zero-order chi connectivity index (χ0) is 13.0. The van der Waals surface area contributed by atoms with E-state index in [4.69, 9.17) is 33.4 Å². The van der Waals surface area contributed by atoms with Crippen LogP contribution < -0.4 is 5.32 Å². The molecule has 0 fully saturated rings. The minimum atomic E-state index is -1.25. The molecule has 1 rings (SSSR count). The number of carboxylic acid groups (broad SMARTS) is 2. The van der Waals surface area contributed by atoms with Gasteiger partial charge >= 0.3 is 11.9 Å². The normalized spacial score (nSPS) is 11.9. The SMILES string of the molecule is O=C(O)CC(Nc1ccc(Cl)c(Cl)c1)C(=O)O. The van der Waals surface area contributed by atoms with Gasteiger partial charge in [0.1, 0.15) is 6.04 Å². The van der Waals surface area contributed by atoms with E-state index in [2.05, 4.69) is 5.32 Å². The van der Waals surface area contributed by atoms with Crippen molar-refractivity contribution >= 4 is 40.8 Å². The van der Waals surface area contributed by atoms with Crippen LogP contribution in [0.4, 0.5) is 5.69 Å². The first-order chi connectivity index (χ1) is 7.90. The van der Waals surface area contributed by atoms with Crippen molar-refractivity contribution in [1.82, 2.24) is 0 Å². The minimum absolute atomic E-state index is 0.260. The van der Waals surface area contributed by atoms with Crippen LogP contribution in [-0.2, 0) is 9.59 Å². The Hall–Kier alpha value is -1.46. The number of hydrogen-bond acceptors (Lipinski definition) is 3.